The van der Waals surface area contributed by atoms with Crippen LogP contribution in [-0.4, -0.2) is 64.8 Å². The summed E-state index contributed by atoms with van der Waals surface area (Å²) in [6, 6.07) is 9.16. The summed E-state index contributed by atoms with van der Waals surface area (Å²) in [7, 11) is 0. The molecule has 3 unspecified atom stereocenters. The van der Waals surface area contributed by atoms with Gasteiger partial charge < -0.3 is 24.7 Å². The predicted molar refractivity (Wildman–Crippen MR) is 157 cm³/mol. The highest BCUT2D eigenvalue weighted by Crippen LogP contribution is 2.47. The third-order valence-corrected chi connectivity index (χ3v) is 10.3. The van der Waals surface area contributed by atoms with Crippen molar-refractivity contribution in [2.45, 2.75) is 62.7 Å². The summed E-state index contributed by atoms with van der Waals surface area (Å²) in [6.07, 6.45) is 10.5. The first kappa shape index (κ1) is 27.9. The van der Waals surface area contributed by atoms with Gasteiger partial charge in [0.2, 0.25) is 5.91 Å². The molecule has 0 radical (unpaired) electrons. The number of thioether (sulfide) groups is 1. The Morgan fingerprint density at radius 3 is 2.76 bits per heavy atom. The van der Waals surface area contributed by atoms with E-state index in [2.05, 4.69) is 10.6 Å². The highest BCUT2D eigenvalue weighted by atomic mass is 32.2. The number of amidine groups is 1. The third-order valence-electron chi connectivity index (χ3n) is 9.11. The summed E-state index contributed by atoms with van der Waals surface area (Å²) in [5, 5.41) is 6.66. The Morgan fingerprint density at radius 2 is 2.02 bits per heavy atom. The number of aliphatic imine (C=N–C) groups is 1. The van der Waals surface area contributed by atoms with Crippen LogP contribution in [0.3, 0.4) is 0 Å². The van der Waals surface area contributed by atoms with Crippen molar-refractivity contribution in [2.75, 3.05) is 26.2 Å². The SMILES string of the molecule is CC1(CC2CCN(C(=O)c3cccc(OCCNC(=O)c4ccoc4)c3)CC2)SC(=N[C@H]2CC3CCC2C3)NC1=O. The molecule has 2 N–H and O–H groups in total. The lowest BCUT2D eigenvalue weighted by Gasteiger charge is -2.34. The quantitative estimate of drug-likeness (QED) is 0.424. The first-order chi connectivity index (χ1) is 19.9. The molecule has 3 amide bonds. The zero-order valence-corrected chi connectivity index (χ0v) is 24.3. The lowest BCUT2D eigenvalue weighted by Crippen LogP contribution is -2.41. The summed E-state index contributed by atoms with van der Waals surface area (Å²) in [6.45, 7) is 4.00. The standard InChI is InChI=1S/C31H38N4O5S/c1-31(29(38)34-30(41-31)33-26-16-21-5-6-22(26)15-21)18-20-7-11-35(12-8-20)28(37)23-3-2-4-25(17-23)40-14-10-32-27(36)24-9-13-39-19-24/h2-4,9,13,17,19-22,26H,5-8,10-12,14-16,18H2,1H3,(H,32,36)(H,33,34,38)/t21?,22?,26-,31?/m0/s1. The molecule has 6 rings (SSSR count). The van der Waals surface area contributed by atoms with Crippen molar-refractivity contribution in [1.82, 2.24) is 15.5 Å². The van der Waals surface area contributed by atoms with Crippen molar-refractivity contribution in [3.63, 3.8) is 0 Å². The number of hydrogen-bond donors (Lipinski definition) is 2. The maximum atomic E-state index is 13.3. The number of likely N-dealkylation sites (tertiary alicyclic amines) is 1. The van der Waals surface area contributed by atoms with E-state index in [-0.39, 0.29) is 24.3 Å². The number of nitrogens with zero attached hydrogens (tertiary/aromatic N) is 2. The summed E-state index contributed by atoms with van der Waals surface area (Å²) < 4.78 is 10.2. The second-order valence-electron chi connectivity index (χ2n) is 12.0. The first-order valence-electron chi connectivity index (χ1n) is 14.8. The molecule has 1 aromatic heterocycles. The fraction of sp³-hybridized carbons (Fsp3) is 0.548. The number of ether oxygens (including phenoxy) is 1. The van der Waals surface area contributed by atoms with Crippen LogP contribution in [0.4, 0.5) is 0 Å². The molecule has 4 fully saturated rings. The van der Waals surface area contributed by atoms with Crippen LogP contribution < -0.4 is 15.4 Å². The third kappa shape index (κ3) is 6.32. The molecule has 2 aromatic rings. The van der Waals surface area contributed by atoms with Crippen LogP contribution >= 0.6 is 11.8 Å². The lowest BCUT2D eigenvalue weighted by molar-refractivity contribution is -0.121. The van der Waals surface area contributed by atoms with E-state index in [0.717, 1.165) is 30.3 Å². The molecule has 2 bridgehead atoms. The molecular formula is C31H38N4O5S. The Hall–Kier alpha value is -3.27. The van der Waals surface area contributed by atoms with Gasteiger partial charge >= 0.3 is 0 Å². The van der Waals surface area contributed by atoms with Gasteiger partial charge in [-0.3, -0.25) is 19.4 Å². The van der Waals surface area contributed by atoms with E-state index in [0.29, 0.717) is 54.4 Å². The Morgan fingerprint density at radius 1 is 1.17 bits per heavy atom. The molecule has 41 heavy (non-hydrogen) atoms. The summed E-state index contributed by atoms with van der Waals surface area (Å²) >= 11 is 1.61. The minimum Gasteiger partial charge on any atom is -0.492 e. The van der Waals surface area contributed by atoms with E-state index >= 15 is 0 Å². The minimum absolute atomic E-state index is 0.0124. The van der Waals surface area contributed by atoms with E-state index in [1.54, 1.807) is 36.0 Å². The molecular weight excluding hydrogens is 540 g/mol. The van der Waals surface area contributed by atoms with E-state index in [1.807, 2.05) is 17.9 Å². The fourth-order valence-corrected chi connectivity index (χ4v) is 8.07. The fourth-order valence-electron chi connectivity index (χ4n) is 6.85. The summed E-state index contributed by atoms with van der Waals surface area (Å²) in [4.78, 5) is 45.1. The van der Waals surface area contributed by atoms with E-state index < -0.39 is 4.75 Å². The minimum atomic E-state index is -0.503. The van der Waals surface area contributed by atoms with Crippen LogP contribution in [0.2, 0.25) is 0 Å². The van der Waals surface area contributed by atoms with Gasteiger partial charge in [0.1, 0.15) is 18.6 Å². The Balaban J connectivity index is 0.958. The van der Waals surface area contributed by atoms with Gasteiger partial charge in [-0.1, -0.05) is 24.2 Å². The van der Waals surface area contributed by atoms with Crippen molar-refractivity contribution in [3.8, 4) is 5.75 Å². The Kier molecular flexibility index (Phi) is 8.10. The maximum absolute atomic E-state index is 13.3. The van der Waals surface area contributed by atoms with Gasteiger partial charge in [0.05, 0.1) is 29.2 Å². The second-order valence-corrected chi connectivity index (χ2v) is 13.5. The molecule has 4 aliphatic rings. The van der Waals surface area contributed by atoms with Crippen molar-refractivity contribution < 1.29 is 23.5 Å². The predicted octanol–water partition coefficient (Wildman–Crippen LogP) is 4.50. The van der Waals surface area contributed by atoms with Gasteiger partial charge in [0.15, 0.2) is 5.17 Å². The molecule has 1 aromatic carbocycles. The number of rotatable bonds is 9. The Labute approximate surface area is 244 Å². The van der Waals surface area contributed by atoms with Crippen molar-refractivity contribution >= 4 is 34.7 Å². The number of carbonyl (C=O) groups is 3. The van der Waals surface area contributed by atoms with Gasteiger partial charge in [-0.05, 0) is 87.5 Å². The van der Waals surface area contributed by atoms with E-state index in [4.69, 9.17) is 14.1 Å². The molecule has 4 atom stereocenters. The second kappa shape index (κ2) is 11.9. The highest BCUT2D eigenvalue weighted by molar-refractivity contribution is 8.16. The van der Waals surface area contributed by atoms with Crippen molar-refractivity contribution in [2.24, 2.45) is 22.7 Å². The zero-order chi connectivity index (χ0) is 28.4. The lowest BCUT2D eigenvalue weighted by atomic mass is 9.87. The molecule has 3 heterocycles. The smallest absolute Gasteiger partial charge is 0.254 e. The van der Waals surface area contributed by atoms with Crippen LogP contribution in [0.5, 0.6) is 5.75 Å². The van der Waals surface area contributed by atoms with Crippen LogP contribution in [-0.2, 0) is 4.79 Å². The van der Waals surface area contributed by atoms with Crippen LogP contribution in [0.1, 0.15) is 72.6 Å². The average molecular weight is 579 g/mol. The highest BCUT2D eigenvalue weighted by Gasteiger charge is 2.46. The van der Waals surface area contributed by atoms with Crippen molar-refractivity contribution in [1.29, 1.82) is 0 Å². The van der Waals surface area contributed by atoms with Crippen molar-refractivity contribution in [3.05, 3.63) is 54.0 Å². The number of nitrogens with one attached hydrogen (secondary N) is 2. The maximum Gasteiger partial charge on any atom is 0.254 e. The van der Waals surface area contributed by atoms with Crippen LogP contribution in [0.15, 0.2) is 52.3 Å². The van der Waals surface area contributed by atoms with Gasteiger partial charge in [-0.25, -0.2) is 0 Å². The molecule has 218 valence electrons. The number of amides is 3. The molecule has 2 saturated carbocycles. The molecule has 10 heteroatoms. The van der Waals surface area contributed by atoms with Gasteiger partial charge in [-0.2, -0.15) is 0 Å². The topological polar surface area (TPSA) is 113 Å². The molecule has 2 saturated heterocycles. The molecule has 9 nitrogen and oxygen atoms in total. The number of benzene rings is 1. The average Bonchev–Trinajstić information content (AvgIpc) is 3.78. The van der Waals surface area contributed by atoms with Gasteiger partial charge in [-0.15, -0.1) is 0 Å². The summed E-state index contributed by atoms with van der Waals surface area (Å²) in [5.41, 5.74) is 1.05. The number of fused-ring (bicyclic) bond motifs is 2. The largest absolute Gasteiger partial charge is 0.492 e. The summed E-state index contributed by atoms with van der Waals surface area (Å²) in [5.74, 6) is 2.34. The molecule has 0 spiro atoms. The monoisotopic (exact) mass is 578 g/mol. The van der Waals surface area contributed by atoms with Crippen LogP contribution in [0.25, 0.3) is 0 Å². The first-order valence-corrected chi connectivity index (χ1v) is 15.6. The number of piperidine rings is 1. The van der Waals surface area contributed by atoms with Gasteiger partial charge in [0, 0.05) is 18.7 Å². The van der Waals surface area contributed by atoms with Gasteiger partial charge in [0.25, 0.3) is 11.8 Å². The normalized spacial score (nSPS) is 28.7. The number of furan rings is 1. The number of hydrogen-bond acceptors (Lipinski definition) is 7. The van der Waals surface area contributed by atoms with Crippen LogP contribution in [0, 0.1) is 17.8 Å². The molecule has 2 aliphatic carbocycles. The molecule has 2 aliphatic heterocycles. The van der Waals surface area contributed by atoms with E-state index in [9.17, 15) is 14.4 Å². The zero-order valence-electron chi connectivity index (χ0n) is 23.5. The number of carbonyl (C=O) groups excluding carboxylic acids is 3. The Bertz CT molecular complexity index is 1310. The van der Waals surface area contributed by atoms with E-state index in [1.165, 1.54) is 38.2 Å².